The predicted octanol–water partition coefficient (Wildman–Crippen LogP) is 1.99. The highest BCUT2D eigenvalue weighted by Crippen LogP contribution is 2.14. The number of aromatic nitrogens is 1. The Morgan fingerprint density at radius 1 is 1.21 bits per heavy atom. The zero-order valence-corrected chi connectivity index (χ0v) is 11.0. The van der Waals surface area contributed by atoms with Crippen LogP contribution in [0.15, 0.2) is 30.5 Å². The number of carbonyl (C=O) groups excluding carboxylic acids is 1. The van der Waals surface area contributed by atoms with Gasteiger partial charge in [0.1, 0.15) is 0 Å². The van der Waals surface area contributed by atoms with Gasteiger partial charge in [0.05, 0.1) is 6.42 Å². The molecule has 102 valence electrons. The van der Waals surface area contributed by atoms with Crippen molar-refractivity contribution in [3.8, 4) is 0 Å². The van der Waals surface area contributed by atoms with Crippen LogP contribution in [0.25, 0.3) is 10.9 Å². The molecular weight excluding hydrogens is 240 g/mol. The number of carbonyl (C=O) groups is 1. The Hall–Kier alpha value is -1.81. The lowest BCUT2D eigenvalue weighted by molar-refractivity contribution is -0.120. The van der Waals surface area contributed by atoms with E-state index in [4.69, 9.17) is 5.11 Å². The fourth-order valence-corrected chi connectivity index (χ4v) is 2.09. The van der Waals surface area contributed by atoms with Crippen LogP contribution in [0.4, 0.5) is 0 Å². The van der Waals surface area contributed by atoms with E-state index in [-0.39, 0.29) is 12.5 Å². The topological polar surface area (TPSA) is 65.1 Å². The zero-order chi connectivity index (χ0) is 13.5. The summed E-state index contributed by atoms with van der Waals surface area (Å²) in [5.74, 6) is 0.0508. The summed E-state index contributed by atoms with van der Waals surface area (Å²) in [7, 11) is 0. The number of aromatic amines is 1. The molecule has 4 heteroatoms. The number of aliphatic hydroxyl groups is 1. The maximum absolute atomic E-state index is 11.7. The Balaban J connectivity index is 1.78. The number of benzene rings is 1. The van der Waals surface area contributed by atoms with Gasteiger partial charge in [-0.3, -0.25) is 4.79 Å². The average Bonchev–Trinajstić information content (AvgIpc) is 2.86. The Morgan fingerprint density at radius 2 is 2.11 bits per heavy atom. The first kappa shape index (κ1) is 13.6. The molecule has 4 nitrogen and oxygen atoms in total. The lowest BCUT2D eigenvalue weighted by Crippen LogP contribution is -2.26. The van der Waals surface area contributed by atoms with Gasteiger partial charge in [0.2, 0.25) is 5.91 Å². The van der Waals surface area contributed by atoms with Crippen molar-refractivity contribution in [2.45, 2.75) is 25.7 Å². The van der Waals surface area contributed by atoms with Crippen LogP contribution < -0.4 is 5.32 Å². The van der Waals surface area contributed by atoms with Crippen molar-refractivity contribution < 1.29 is 9.90 Å². The highest BCUT2D eigenvalue weighted by Gasteiger charge is 2.04. The Bertz CT molecular complexity index is 534. The molecule has 0 spiro atoms. The molecule has 19 heavy (non-hydrogen) atoms. The molecule has 3 N–H and O–H groups in total. The summed E-state index contributed by atoms with van der Waals surface area (Å²) in [5.41, 5.74) is 2.08. The number of rotatable bonds is 7. The number of hydrogen-bond acceptors (Lipinski definition) is 2. The molecule has 1 amide bonds. The molecule has 0 fully saturated rings. The van der Waals surface area contributed by atoms with E-state index < -0.39 is 0 Å². The highest BCUT2D eigenvalue weighted by molar-refractivity contribution is 5.83. The third-order valence-corrected chi connectivity index (χ3v) is 3.14. The van der Waals surface area contributed by atoms with Gasteiger partial charge >= 0.3 is 0 Å². The number of fused-ring (bicyclic) bond motifs is 1. The fourth-order valence-electron chi connectivity index (χ4n) is 2.09. The quantitative estimate of drug-likeness (QED) is 0.667. The van der Waals surface area contributed by atoms with Gasteiger partial charge in [-0.25, -0.2) is 0 Å². The maximum atomic E-state index is 11.7. The molecular formula is C15H20N2O2. The molecule has 0 atom stereocenters. The van der Waals surface area contributed by atoms with Crippen molar-refractivity contribution in [3.63, 3.8) is 0 Å². The van der Waals surface area contributed by atoms with Gasteiger partial charge < -0.3 is 15.4 Å². The van der Waals surface area contributed by atoms with E-state index in [2.05, 4.69) is 10.3 Å². The van der Waals surface area contributed by atoms with Crippen molar-refractivity contribution in [1.29, 1.82) is 0 Å². The molecule has 2 rings (SSSR count). The first-order valence-corrected chi connectivity index (χ1v) is 6.73. The molecule has 1 aromatic heterocycles. The first-order chi connectivity index (χ1) is 9.29. The van der Waals surface area contributed by atoms with Crippen molar-refractivity contribution >= 4 is 16.8 Å². The van der Waals surface area contributed by atoms with Gasteiger partial charge in [0, 0.05) is 24.9 Å². The molecule has 0 saturated carbocycles. The molecule has 1 aromatic carbocycles. The Morgan fingerprint density at radius 3 is 2.95 bits per heavy atom. The minimum Gasteiger partial charge on any atom is -0.396 e. The predicted molar refractivity (Wildman–Crippen MR) is 75.9 cm³/mol. The monoisotopic (exact) mass is 260 g/mol. The van der Waals surface area contributed by atoms with E-state index in [1.165, 1.54) is 0 Å². The number of hydrogen-bond donors (Lipinski definition) is 3. The second-order valence-corrected chi connectivity index (χ2v) is 4.71. The molecule has 0 bridgehead atoms. The summed E-state index contributed by atoms with van der Waals surface area (Å²) < 4.78 is 0. The van der Waals surface area contributed by atoms with E-state index in [0.29, 0.717) is 13.0 Å². The summed E-state index contributed by atoms with van der Waals surface area (Å²) in [6.45, 7) is 0.910. The summed E-state index contributed by atoms with van der Waals surface area (Å²) >= 11 is 0. The van der Waals surface area contributed by atoms with E-state index >= 15 is 0 Å². The molecule has 2 aromatic rings. The van der Waals surface area contributed by atoms with Crippen LogP contribution in [0.3, 0.4) is 0 Å². The summed E-state index contributed by atoms with van der Waals surface area (Å²) in [6.07, 6.45) is 4.98. The van der Waals surface area contributed by atoms with Crippen LogP contribution >= 0.6 is 0 Å². The second-order valence-electron chi connectivity index (χ2n) is 4.71. The molecule has 0 unspecified atom stereocenters. The van der Waals surface area contributed by atoms with E-state index in [1.807, 2.05) is 30.5 Å². The van der Waals surface area contributed by atoms with Crippen molar-refractivity contribution in [2.24, 2.45) is 0 Å². The normalized spacial score (nSPS) is 10.8. The summed E-state index contributed by atoms with van der Waals surface area (Å²) in [6, 6.07) is 8.04. The number of nitrogens with one attached hydrogen (secondary N) is 2. The van der Waals surface area contributed by atoms with E-state index in [1.54, 1.807) is 0 Å². The minimum absolute atomic E-state index is 0.0508. The molecule has 0 saturated heterocycles. The average molecular weight is 260 g/mol. The summed E-state index contributed by atoms with van der Waals surface area (Å²) in [5, 5.41) is 12.7. The first-order valence-electron chi connectivity index (χ1n) is 6.73. The minimum atomic E-state index is 0.0508. The van der Waals surface area contributed by atoms with Gasteiger partial charge in [-0.15, -0.1) is 0 Å². The third kappa shape index (κ3) is 4.10. The molecule has 0 aliphatic rings. The van der Waals surface area contributed by atoms with Crippen LogP contribution in [0, 0.1) is 0 Å². The highest BCUT2D eigenvalue weighted by atomic mass is 16.2. The van der Waals surface area contributed by atoms with E-state index in [0.717, 1.165) is 35.7 Å². The molecule has 0 radical (unpaired) electrons. The van der Waals surface area contributed by atoms with Crippen LogP contribution in [-0.2, 0) is 11.2 Å². The van der Waals surface area contributed by atoms with Gasteiger partial charge in [-0.2, -0.15) is 0 Å². The number of aliphatic hydroxyl groups excluding tert-OH is 1. The third-order valence-electron chi connectivity index (χ3n) is 3.14. The van der Waals surface area contributed by atoms with Crippen molar-refractivity contribution in [2.75, 3.05) is 13.2 Å². The Labute approximate surface area is 112 Å². The fraction of sp³-hybridized carbons (Fsp3) is 0.400. The number of unbranched alkanes of at least 4 members (excludes halogenated alkanes) is 2. The lowest BCUT2D eigenvalue weighted by Gasteiger charge is -2.05. The zero-order valence-electron chi connectivity index (χ0n) is 11.0. The van der Waals surface area contributed by atoms with Crippen LogP contribution in [0.2, 0.25) is 0 Å². The van der Waals surface area contributed by atoms with Gasteiger partial charge in [-0.05, 0) is 42.3 Å². The number of H-pyrrole nitrogens is 1. The van der Waals surface area contributed by atoms with Gasteiger partial charge in [-0.1, -0.05) is 12.1 Å². The van der Waals surface area contributed by atoms with Crippen molar-refractivity contribution in [3.05, 3.63) is 36.0 Å². The Kier molecular flexibility index (Phi) is 4.98. The van der Waals surface area contributed by atoms with Gasteiger partial charge in [0.25, 0.3) is 0 Å². The largest absolute Gasteiger partial charge is 0.396 e. The maximum Gasteiger partial charge on any atom is 0.224 e. The smallest absolute Gasteiger partial charge is 0.224 e. The van der Waals surface area contributed by atoms with Crippen molar-refractivity contribution in [1.82, 2.24) is 10.3 Å². The molecule has 1 heterocycles. The standard InChI is InChI=1S/C15H20N2O2/c18-9-3-1-2-7-17-15(19)11-12-4-5-13-6-8-16-14(13)10-12/h4-6,8,10,16,18H,1-3,7,9,11H2,(H,17,19). The van der Waals surface area contributed by atoms with Crippen LogP contribution in [0.5, 0.6) is 0 Å². The van der Waals surface area contributed by atoms with E-state index in [9.17, 15) is 4.79 Å². The second kappa shape index (κ2) is 6.95. The van der Waals surface area contributed by atoms with Crippen LogP contribution in [0.1, 0.15) is 24.8 Å². The SMILES string of the molecule is O=C(Cc1ccc2cc[nH]c2c1)NCCCCCO. The number of amides is 1. The van der Waals surface area contributed by atoms with Gasteiger partial charge in [0.15, 0.2) is 0 Å². The summed E-state index contributed by atoms with van der Waals surface area (Å²) in [4.78, 5) is 14.9. The lowest BCUT2D eigenvalue weighted by atomic mass is 10.1. The van der Waals surface area contributed by atoms with Crippen LogP contribution in [-0.4, -0.2) is 29.1 Å². The molecule has 0 aliphatic heterocycles. The molecule has 0 aliphatic carbocycles.